The van der Waals surface area contributed by atoms with E-state index in [0.29, 0.717) is 0 Å². The van der Waals surface area contributed by atoms with Gasteiger partial charge in [0.05, 0.1) is 19.9 Å². The molecule has 1 heterocycles. The molecule has 3 N–H and O–H groups in total. The molecular formula is C20H21N3O2. The number of fused-ring (bicyclic) bond motifs is 3. The van der Waals surface area contributed by atoms with E-state index in [0.717, 1.165) is 45.9 Å². The van der Waals surface area contributed by atoms with Gasteiger partial charge in [-0.3, -0.25) is 10.2 Å². The highest BCUT2D eigenvalue weighted by Gasteiger charge is 2.19. The lowest BCUT2D eigenvalue weighted by atomic mass is 10.1. The smallest absolute Gasteiger partial charge is 0.161 e. The summed E-state index contributed by atoms with van der Waals surface area (Å²) in [5, 5.41) is 12.2. The van der Waals surface area contributed by atoms with E-state index in [1.54, 1.807) is 14.2 Å². The topological polar surface area (TPSA) is 62.1 Å². The van der Waals surface area contributed by atoms with Gasteiger partial charge in [0.15, 0.2) is 11.5 Å². The number of aromatic nitrogens is 2. The molecule has 0 bridgehead atoms. The molecule has 0 spiro atoms. The lowest BCUT2D eigenvalue weighted by Crippen LogP contribution is -2.01. The van der Waals surface area contributed by atoms with Crippen LogP contribution in [0.5, 0.6) is 11.5 Å². The zero-order chi connectivity index (χ0) is 17.4. The number of anilines is 1. The number of methoxy groups -OCH3 is 2. The zero-order valence-corrected chi connectivity index (χ0v) is 14.6. The van der Waals surface area contributed by atoms with Crippen LogP contribution in [-0.2, 0) is 6.54 Å². The first kappa shape index (κ1) is 15.4. The summed E-state index contributed by atoms with van der Waals surface area (Å²) in [5.74, 6) is 2.44. The van der Waals surface area contributed by atoms with Crippen molar-refractivity contribution in [1.82, 2.24) is 10.2 Å². The minimum atomic E-state index is 0.728. The summed E-state index contributed by atoms with van der Waals surface area (Å²) in [5.41, 5.74) is 4.75. The van der Waals surface area contributed by atoms with Gasteiger partial charge in [-0.2, -0.15) is 0 Å². The second-order valence-corrected chi connectivity index (χ2v) is 6.13. The Kier molecular flexibility index (Phi) is 3.76. The number of rotatable bonds is 5. The van der Waals surface area contributed by atoms with Crippen LogP contribution in [0.15, 0.2) is 42.5 Å². The maximum absolute atomic E-state index is 5.42. The van der Waals surface area contributed by atoms with Gasteiger partial charge in [0.1, 0.15) is 5.82 Å². The maximum atomic E-state index is 5.42. The standard InChI is InChI=1S/C20H21N3O2/c1-12-6-4-5-7-13(12)11-21-20-16-8-14-9-17(24-2)18(25-3)10-15(14)19(16)22-23-20/h4-10,21-23H,11H2,1-3H3. The molecule has 5 nitrogen and oxygen atoms in total. The molecular weight excluding hydrogens is 314 g/mol. The van der Waals surface area contributed by atoms with Crippen LogP contribution in [0, 0.1) is 6.92 Å². The van der Waals surface area contributed by atoms with Gasteiger partial charge in [0, 0.05) is 17.5 Å². The van der Waals surface area contributed by atoms with Crippen molar-refractivity contribution in [2.45, 2.75) is 13.5 Å². The summed E-state index contributed by atoms with van der Waals surface area (Å²) >= 11 is 0. The van der Waals surface area contributed by atoms with Crippen LogP contribution in [0.25, 0.3) is 22.0 Å². The molecule has 0 atom stereocenters. The number of hydrogen-bond donors (Lipinski definition) is 3. The van der Waals surface area contributed by atoms with Crippen molar-refractivity contribution in [3.05, 3.63) is 53.6 Å². The second-order valence-electron chi connectivity index (χ2n) is 6.13. The van der Waals surface area contributed by atoms with Crippen LogP contribution >= 0.6 is 0 Å². The van der Waals surface area contributed by atoms with Gasteiger partial charge in [-0.15, -0.1) is 0 Å². The van der Waals surface area contributed by atoms with Gasteiger partial charge < -0.3 is 14.8 Å². The van der Waals surface area contributed by atoms with Gasteiger partial charge in [-0.1, -0.05) is 24.3 Å². The third-order valence-electron chi connectivity index (χ3n) is 4.69. The maximum Gasteiger partial charge on any atom is 0.161 e. The van der Waals surface area contributed by atoms with Crippen molar-refractivity contribution in [1.29, 1.82) is 0 Å². The predicted molar refractivity (Wildman–Crippen MR) is 101 cm³/mol. The summed E-state index contributed by atoms with van der Waals surface area (Å²) in [7, 11) is 3.31. The SMILES string of the molecule is COc1cc2cc3c(NCc4ccccc4C)[nH][nH]c-3c2cc1OC. The Bertz CT molecular complexity index is 1000. The molecule has 0 amide bonds. The quantitative estimate of drug-likeness (QED) is 0.502. The molecule has 0 saturated heterocycles. The number of aryl methyl sites for hydroxylation is 1. The molecule has 5 heteroatoms. The summed E-state index contributed by atoms with van der Waals surface area (Å²) in [6.45, 7) is 2.90. The molecule has 128 valence electrons. The van der Waals surface area contributed by atoms with Crippen LogP contribution in [0.3, 0.4) is 0 Å². The van der Waals surface area contributed by atoms with Crippen LogP contribution < -0.4 is 14.8 Å². The number of benzene rings is 2. The molecule has 0 fully saturated rings. The Morgan fingerprint density at radius 1 is 0.960 bits per heavy atom. The van der Waals surface area contributed by atoms with Crippen molar-refractivity contribution < 1.29 is 9.47 Å². The fraction of sp³-hybridized carbons (Fsp3) is 0.200. The molecule has 1 aliphatic carbocycles. The third-order valence-corrected chi connectivity index (χ3v) is 4.69. The first-order chi connectivity index (χ1) is 12.2. The van der Waals surface area contributed by atoms with Crippen molar-refractivity contribution in [3.8, 4) is 22.8 Å². The van der Waals surface area contributed by atoms with Gasteiger partial charge in [0.2, 0.25) is 0 Å². The summed E-state index contributed by atoms with van der Waals surface area (Å²) in [4.78, 5) is 0. The summed E-state index contributed by atoms with van der Waals surface area (Å²) < 4.78 is 10.8. The lowest BCUT2D eigenvalue weighted by Gasteiger charge is -2.07. The van der Waals surface area contributed by atoms with E-state index in [1.165, 1.54) is 11.1 Å². The van der Waals surface area contributed by atoms with Gasteiger partial charge >= 0.3 is 0 Å². The van der Waals surface area contributed by atoms with E-state index in [2.05, 4.69) is 52.8 Å². The molecule has 2 aliphatic rings. The van der Waals surface area contributed by atoms with E-state index >= 15 is 0 Å². The highest BCUT2D eigenvalue weighted by molar-refractivity contribution is 6.05. The molecule has 25 heavy (non-hydrogen) atoms. The highest BCUT2D eigenvalue weighted by Crippen LogP contribution is 2.42. The van der Waals surface area contributed by atoms with Crippen molar-refractivity contribution in [3.63, 3.8) is 0 Å². The third kappa shape index (κ3) is 2.58. The Balaban J connectivity index is 1.69. The number of aromatic amines is 2. The van der Waals surface area contributed by atoms with Crippen LogP contribution in [-0.4, -0.2) is 24.4 Å². The average Bonchev–Trinajstić information content (AvgIpc) is 3.18. The van der Waals surface area contributed by atoms with Crippen LogP contribution in [0.2, 0.25) is 0 Å². The molecule has 0 radical (unpaired) electrons. The minimum absolute atomic E-state index is 0.728. The summed E-state index contributed by atoms with van der Waals surface area (Å²) in [6.07, 6.45) is 0. The number of ether oxygens (including phenoxy) is 2. The van der Waals surface area contributed by atoms with Crippen molar-refractivity contribution in [2.75, 3.05) is 19.5 Å². The van der Waals surface area contributed by atoms with Crippen molar-refractivity contribution >= 4 is 16.6 Å². The van der Waals surface area contributed by atoms with E-state index in [4.69, 9.17) is 9.47 Å². The van der Waals surface area contributed by atoms with Crippen molar-refractivity contribution in [2.24, 2.45) is 0 Å². The normalized spacial score (nSPS) is 11.2. The van der Waals surface area contributed by atoms with Gasteiger partial charge in [0.25, 0.3) is 0 Å². The van der Waals surface area contributed by atoms with Crippen LogP contribution in [0.1, 0.15) is 11.1 Å². The zero-order valence-electron chi connectivity index (χ0n) is 14.6. The fourth-order valence-corrected chi connectivity index (χ4v) is 3.26. The molecule has 1 aliphatic heterocycles. The predicted octanol–water partition coefficient (Wildman–Crippen LogP) is 4.54. The Hall–Kier alpha value is -3.08. The average molecular weight is 335 g/mol. The molecule has 0 aromatic heterocycles. The first-order valence-corrected chi connectivity index (χ1v) is 8.24. The summed E-state index contributed by atoms with van der Waals surface area (Å²) in [6, 6.07) is 14.6. The van der Waals surface area contributed by atoms with Crippen LogP contribution in [0.4, 0.5) is 5.82 Å². The Labute approximate surface area is 146 Å². The highest BCUT2D eigenvalue weighted by atomic mass is 16.5. The second kappa shape index (κ2) is 6.09. The molecule has 2 aromatic carbocycles. The molecule has 0 unspecified atom stereocenters. The van der Waals surface area contributed by atoms with Gasteiger partial charge in [-0.25, -0.2) is 0 Å². The largest absolute Gasteiger partial charge is 0.493 e. The fourth-order valence-electron chi connectivity index (χ4n) is 3.26. The van der Waals surface area contributed by atoms with E-state index < -0.39 is 0 Å². The van der Waals surface area contributed by atoms with E-state index in [1.807, 2.05) is 12.1 Å². The number of nitrogens with one attached hydrogen (secondary N) is 3. The first-order valence-electron chi connectivity index (χ1n) is 8.24. The lowest BCUT2D eigenvalue weighted by molar-refractivity contribution is 0.356. The molecule has 0 saturated carbocycles. The Morgan fingerprint density at radius 3 is 2.48 bits per heavy atom. The molecule has 2 aromatic rings. The van der Waals surface area contributed by atoms with Gasteiger partial charge in [-0.05, 0) is 41.6 Å². The number of H-pyrrole nitrogens is 2. The van der Waals surface area contributed by atoms with E-state index in [-0.39, 0.29) is 0 Å². The minimum Gasteiger partial charge on any atom is -0.493 e. The monoisotopic (exact) mass is 335 g/mol. The Morgan fingerprint density at radius 2 is 1.72 bits per heavy atom. The number of hydrogen-bond acceptors (Lipinski definition) is 3. The van der Waals surface area contributed by atoms with E-state index in [9.17, 15) is 0 Å². The molecule has 4 rings (SSSR count).